The third-order valence-electron chi connectivity index (χ3n) is 4.94. The zero-order chi connectivity index (χ0) is 19.1. The summed E-state index contributed by atoms with van der Waals surface area (Å²) in [6.07, 6.45) is 6.36. The number of aliphatic hydroxyl groups is 1. The molecule has 0 aliphatic carbocycles. The Kier molecular flexibility index (Phi) is 6.40. The summed E-state index contributed by atoms with van der Waals surface area (Å²) >= 11 is 0. The molecule has 5 nitrogen and oxygen atoms in total. The van der Waals surface area contributed by atoms with Crippen molar-refractivity contribution in [3.05, 3.63) is 60.2 Å². The van der Waals surface area contributed by atoms with Crippen LogP contribution in [-0.4, -0.2) is 46.2 Å². The van der Waals surface area contributed by atoms with Crippen LogP contribution in [0.5, 0.6) is 5.75 Å². The predicted molar refractivity (Wildman–Crippen MR) is 99.8 cm³/mol. The Hall–Kier alpha value is -2.47. The summed E-state index contributed by atoms with van der Waals surface area (Å²) in [5.74, 6) is 0.303. The minimum atomic E-state index is -0.979. The van der Waals surface area contributed by atoms with Crippen molar-refractivity contribution < 1.29 is 19.0 Å². The van der Waals surface area contributed by atoms with Gasteiger partial charge in [-0.15, -0.1) is 0 Å². The van der Waals surface area contributed by atoms with Gasteiger partial charge in [-0.05, 0) is 61.6 Å². The number of amides is 1. The largest absolute Gasteiger partial charge is 0.491 e. The minimum Gasteiger partial charge on any atom is -0.491 e. The van der Waals surface area contributed by atoms with Crippen molar-refractivity contribution in [1.29, 1.82) is 0 Å². The maximum atomic E-state index is 13.0. The van der Waals surface area contributed by atoms with E-state index in [1.165, 1.54) is 12.1 Å². The Bertz CT molecular complexity index is 739. The maximum Gasteiger partial charge on any atom is 0.222 e. The number of aryl methyl sites for hydroxylation is 1. The molecule has 3 rings (SSSR count). The fourth-order valence-electron chi connectivity index (χ4n) is 3.28. The second-order valence-electron chi connectivity index (χ2n) is 7.06. The van der Waals surface area contributed by atoms with Crippen LogP contribution >= 0.6 is 0 Å². The van der Waals surface area contributed by atoms with Crippen LogP contribution in [0.4, 0.5) is 4.39 Å². The second-order valence-corrected chi connectivity index (χ2v) is 7.06. The SMILES string of the molecule is O=C(CCc1cccnc1)N1CCCC(O)(COc2ccc(F)cc2)CC1. The van der Waals surface area contributed by atoms with Crippen LogP contribution in [0, 0.1) is 5.82 Å². The lowest BCUT2D eigenvalue weighted by Crippen LogP contribution is -2.38. The molecule has 1 N–H and O–H groups in total. The number of carbonyl (C=O) groups is 1. The Morgan fingerprint density at radius 2 is 2.04 bits per heavy atom. The second kappa shape index (κ2) is 8.95. The van der Waals surface area contributed by atoms with Gasteiger partial charge in [0.15, 0.2) is 0 Å². The summed E-state index contributed by atoms with van der Waals surface area (Å²) in [5, 5.41) is 10.8. The van der Waals surface area contributed by atoms with E-state index >= 15 is 0 Å². The summed E-state index contributed by atoms with van der Waals surface area (Å²) in [5.41, 5.74) is 0.0668. The number of halogens is 1. The van der Waals surface area contributed by atoms with E-state index < -0.39 is 5.60 Å². The first kappa shape index (κ1) is 19.3. The third kappa shape index (κ3) is 5.76. The molecule has 144 valence electrons. The van der Waals surface area contributed by atoms with Gasteiger partial charge in [0.05, 0.1) is 0 Å². The van der Waals surface area contributed by atoms with E-state index in [0.717, 1.165) is 12.0 Å². The first-order valence-corrected chi connectivity index (χ1v) is 9.32. The van der Waals surface area contributed by atoms with E-state index in [9.17, 15) is 14.3 Å². The predicted octanol–water partition coefficient (Wildman–Crippen LogP) is 2.98. The van der Waals surface area contributed by atoms with E-state index in [2.05, 4.69) is 4.98 Å². The molecule has 0 radical (unpaired) electrons. The number of nitrogens with zero attached hydrogens (tertiary/aromatic N) is 2. The van der Waals surface area contributed by atoms with Crippen LogP contribution in [0.1, 0.15) is 31.2 Å². The standard InChI is InChI=1S/C21H25FN2O3/c22-18-5-7-19(8-6-18)27-16-21(26)10-2-13-24(14-11-21)20(25)9-4-17-3-1-12-23-15-17/h1,3,5-8,12,15,26H,2,4,9-11,13-14,16H2. The Morgan fingerprint density at radius 1 is 1.22 bits per heavy atom. The van der Waals surface area contributed by atoms with Crippen LogP contribution in [0.2, 0.25) is 0 Å². The molecule has 1 aliphatic rings. The zero-order valence-corrected chi connectivity index (χ0v) is 15.3. The van der Waals surface area contributed by atoms with E-state index in [4.69, 9.17) is 4.74 Å². The lowest BCUT2D eigenvalue weighted by Gasteiger charge is -2.27. The molecule has 2 aromatic rings. The Morgan fingerprint density at radius 3 is 2.78 bits per heavy atom. The fourth-order valence-corrected chi connectivity index (χ4v) is 3.28. The first-order valence-electron chi connectivity index (χ1n) is 9.32. The van der Waals surface area contributed by atoms with Gasteiger partial charge in [-0.2, -0.15) is 0 Å². The van der Waals surface area contributed by atoms with E-state index in [-0.39, 0.29) is 18.3 Å². The molecule has 0 bridgehead atoms. The summed E-state index contributed by atoms with van der Waals surface area (Å²) in [7, 11) is 0. The molecule has 6 heteroatoms. The highest BCUT2D eigenvalue weighted by atomic mass is 19.1. The number of ether oxygens (including phenoxy) is 1. The van der Waals surface area contributed by atoms with Gasteiger partial charge in [-0.3, -0.25) is 9.78 Å². The van der Waals surface area contributed by atoms with E-state index in [1.54, 1.807) is 24.5 Å². The van der Waals surface area contributed by atoms with Crippen molar-refractivity contribution in [3.8, 4) is 5.75 Å². The lowest BCUT2D eigenvalue weighted by molar-refractivity contribution is -0.131. The van der Waals surface area contributed by atoms with Crippen LogP contribution in [-0.2, 0) is 11.2 Å². The monoisotopic (exact) mass is 372 g/mol. The fraction of sp³-hybridized carbons (Fsp3) is 0.429. The van der Waals surface area contributed by atoms with Crippen molar-refractivity contribution in [2.24, 2.45) is 0 Å². The number of aromatic nitrogens is 1. The van der Waals surface area contributed by atoms with E-state index in [1.807, 2.05) is 17.0 Å². The van der Waals surface area contributed by atoms with Crippen molar-refractivity contribution in [2.45, 2.75) is 37.7 Å². The topological polar surface area (TPSA) is 62.7 Å². The van der Waals surface area contributed by atoms with Crippen molar-refractivity contribution in [2.75, 3.05) is 19.7 Å². The normalized spacial score (nSPS) is 20.1. The lowest BCUT2D eigenvalue weighted by atomic mass is 9.96. The van der Waals surface area contributed by atoms with Gasteiger partial charge in [-0.1, -0.05) is 6.07 Å². The molecule has 1 aromatic heterocycles. The van der Waals surface area contributed by atoms with Gasteiger partial charge < -0.3 is 14.7 Å². The summed E-state index contributed by atoms with van der Waals surface area (Å²) in [6.45, 7) is 1.29. The summed E-state index contributed by atoms with van der Waals surface area (Å²) in [4.78, 5) is 18.4. The highest BCUT2D eigenvalue weighted by Gasteiger charge is 2.32. The van der Waals surface area contributed by atoms with Crippen LogP contribution in [0.25, 0.3) is 0 Å². The molecule has 0 saturated carbocycles. The number of rotatable bonds is 6. The van der Waals surface area contributed by atoms with Gasteiger partial charge >= 0.3 is 0 Å². The summed E-state index contributed by atoms with van der Waals surface area (Å²) < 4.78 is 18.6. The van der Waals surface area contributed by atoms with Crippen molar-refractivity contribution in [1.82, 2.24) is 9.88 Å². The molecule has 1 aliphatic heterocycles. The quantitative estimate of drug-likeness (QED) is 0.847. The molecule has 1 fully saturated rings. The Balaban J connectivity index is 1.48. The molecule has 1 amide bonds. The third-order valence-corrected chi connectivity index (χ3v) is 4.94. The summed E-state index contributed by atoms with van der Waals surface area (Å²) in [6, 6.07) is 9.58. The number of carbonyl (C=O) groups excluding carboxylic acids is 1. The average Bonchev–Trinajstić information content (AvgIpc) is 2.89. The number of hydrogen-bond donors (Lipinski definition) is 1. The minimum absolute atomic E-state index is 0.0996. The van der Waals surface area contributed by atoms with Crippen molar-refractivity contribution in [3.63, 3.8) is 0 Å². The van der Waals surface area contributed by atoms with Gasteiger partial charge in [0.25, 0.3) is 0 Å². The van der Waals surface area contributed by atoms with Gasteiger partial charge in [0.1, 0.15) is 23.8 Å². The van der Waals surface area contributed by atoms with Crippen LogP contribution in [0.3, 0.4) is 0 Å². The molecule has 1 aromatic carbocycles. The van der Waals surface area contributed by atoms with Gasteiger partial charge in [0, 0.05) is 31.9 Å². The number of benzene rings is 1. The van der Waals surface area contributed by atoms with Crippen molar-refractivity contribution >= 4 is 5.91 Å². The molecule has 1 saturated heterocycles. The molecule has 27 heavy (non-hydrogen) atoms. The van der Waals surface area contributed by atoms with Crippen LogP contribution in [0.15, 0.2) is 48.8 Å². The number of likely N-dealkylation sites (tertiary alicyclic amines) is 1. The van der Waals surface area contributed by atoms with Crippen LogP contribution < -0.4 is 4.74 Å². The first-order chi connectivity index (χ1) is 13.0. The highest BCUT2D eigenvalue weighted by Crippen LogP contribution is 2.24. The molecule has 1 atom stereocenters. The smallest absolute Gasteiger partial charge is 0.222 e. The molecular weight excluding hydrogens is 347 g/mol. The highest BCUT2D eigenvalue weighted by molar-refractivity contribution is 5.76. The molecule has 2 heterocycles. The average molecular weight is 372 g/mol. The van der Waals surface area contributed by atoms with Gasteiger partial charge in [-0.25, -0.2) is 4.39 Å². The molecule has 1 unspecified atom stereocenters. The van der Waals surface area contributed by atoms with Gasteiger partial charge in [0.2, 0.25) is 5.91 Å². The Labute approximate surface area is 158 Å². The molecule has 0 spiro atoms. The zero-order valence-electron chi connectivity index (χ0n) is 15.3. The maximum absolute atomic E-state index is 13.0. The van der Waals surface area contributed by atoms with E-state index in [0.29, 0.717) is 44.5 Å². The molecular formula is C21H25FN2O3. The number of pyridine rings is 1. The number of hydrogen-bond acceptors (Lipinski definition) is 4.